The van der Waals surface area contributed by atoms with Crippen LogP contribution in [-0.4, -0.2) is 22.4 Å². The summed E-state index contributed by atoms with van der Waals surface area (Å²) >= 11 is 0. The molecule has 1 aliphatic rings. The highest BCUT2D eigenvalue weighted by Crippen LogP contribution is 2.23. The van der Waals surface area contributed by atoms with Crippen LogP contribution in [0.5, 0.6) is 6.01 Å². The van der Waals surface area contributed by atoms with Crippen molar-refractivity contribution in [3.63, 3.8) is 0 Å². The third kappa shape index (κ3) is 3.95. The number of ether oxygens (including phenoxy) is 1. The first-order valence-electron chi connectivity index (χ1n) is 8.29. The lowest BCUT2D eigenvalue weighted by Gasteiger charge is -2.22. The molecular formula is C19H22N2O2. The summed E-state index contributed by atoms with van der Waals surface area (Å²) in [6.07, 6.45) is 7.38. The van der Waals surface area contributed by atoms with Gasteiger partial charge in [-0.1, -0.05) is 36.8 Å². The maximum Gasteiger partial charge on any atom is 0.317 e. The standard InChI is InChI=1S/C19H22N2O2/c1-14-17(12-15-8-4-2-5-9-15)20-19(21-18(14)13-22)23-16-10-6-3-7-11-16/h2,4-5,8-9,13,16H,3,6-7,10-12H2,1H3. The Hall–Kier alpha value is -2.23. The van der Waals surface area contributed by atoms with Crippen molar-refractivity contribution in [2.24, 2.45) is 0 Å². The van der Waals surface area contributed by atoms with Crippen molar-refractivity contribution in [2.75, 3.05) is 0 Å². The second-order valence-corrected chi connectivity index (χ2v) is 6.12. The Morgan fingerprint density at radius 2 is 1.87 bits per heavy atom. The first-order valence-corrected chi connectivity index (χ1v) is 8.29. The molecule has 1 fully saturated rings. The molecule has 3 rings (SSSR count). The minimum absolute atomic E-state index is 0.176. The molecule has 1 aliphatic carbocycles. The van der Waals surface area contributed by atoms with Gasteiger partial charge in [0.05, 0.1) is 5.69 Å². The molecule has 0 spiro atoms. The number of nitrogens with zero attached hydrogens (tertiary/aromatic N) is 2. The maximum absolute atomic E-state index is 11.3. The van der Waals surface area contributed by atoms with Gasteiger partial charge in [0.1, 0.15) is 11.8 Å². The van der Waals surface area contributed by atoms with E-state index in [1.165, 1.54) is 19.3 Å². The van der Waals surface area contributed by atoms with Gasteiger partial charge in [0.25, 0.3) is 0 Å². The molecule has 0 radical (unpaired) electrons. The van der Waals surface area contributed by atoms with E-state index in [9.17, 15) is 4.79 Å². The number of carbonyl (C=O) groups excluding carboxylic acids is 1. The smallest absolute Gasteiger partial charge is 0.317 e. The minimum Gasteiger partial charge on any atom is -0.460 e. The Morgan fingerprint density at radius 1 is 1.13 bits per heavy atom. The monoisotopic (exact) mass is 310 g/mol. The van der Waals surface area contributed by atoms with E-state index >= 15 is 0 Å². The Kier molecular flexibility index (Phi) is 5.01. The van der Waals surface area contributed by atoms with Gasteiger partial charge >= 0.3 is 6.01 Å². The second-order valence-electron chi connectivity index (χ2n) is 6.12. The topological polar surface area (TPSA) is 52.1 Å². The Labute approximate surface area is 136 Å². The molecule has 1 saturated carbocycles. The summed E-state index contributed by atoms with van der Waals surface area (Å²) in [5.74, 6) is 0. The van der Waals surface area contributed by atoms with Crippen molar-refractivity contribution in [3.8, 4) is 6.01 Å². The van der Waals surface area contributed by atoms with E-state index in [1.54, 1.807) is 0 Å². The van der Waals surface area contributed by atoms with Gasteiger partial charge in [-0.2, -0.15) is 9.97 Å². The summed E-state index contributed by atoms with van der Waals surface area (Å²) in [7, 11) is 0. The van der Waals surface area contributed by atoms with Crippen molar-refractivity contribution >= 4 is 6.29 Å². The molecule has 0 amide bonds. The average Bonchev–Trinajstić information content (AvgIpc) is 2.59. The number of rotatable bonds is 5. The number of aldehydes is 1. The molecular weight excluding hydrogens is 288 g/mol. The van der Waals surface area contributed by atoms with Crippen LogP contribution in [0.2, 0.25) is 0 Å². The van der Waals surface area contributed by atoms with E-state index in [0.29, 0.717) is 18.1 Å². The van der Waals surface area contributed by atoms with Crippen LogP contribution in [0.15, 0.2) is 30.3 Å². The van der Waals surface area contributed by atoms with E-state index in [0.717, 1.165) is 35.9 Å². The van der Waals surface area contributed by atoms with Gasteiger partial charge in [-0.3, -0.25) is 4.79 Å². The summed E-state index contributed by atoms with van der Waals surface area (Å²) < 4.78 is 5.95. The highest BCUT2D eigenvalue weighted by Gasteiger charge is 2.18. The van der Waals surface area contributed by atoms with Gasteiger partial charge in [0, 0.05) is 12.0 Å². The van der Waals surface area contributed by atoms with Crippen molar-refractivity contribution in [1.82, 2.24) is 9.97 Å². The van der Waals surface area contributed by atoms with Crippen LogP contribution < -0.4 is 4.74 Å². The number of aromatic nitrogens is 2. The zero-order chi connectivity index (χ0) is 16.1. The summed E-state index contributed by atoms with van der Waals surface area (Å²) in [5.41, 5.74) is 3.28. The Balaban J connectivity index is 1.85. The summed E-state index contributed by atoms with van der Waals surface area (Å²) in [4.78, 5) is 20.2. The number of hydrogen-bond acceptors (Lipinski definition) is 4. The molecule has 4 heteroatoms. The van der Waals surface area contributed by atoms with Crippen LogP contribution in [0.4, 0.5) is 0 Å². The van der Waals surface area contributed by atoms with E-state index in [-0.39, 0.29) is 6.10 Å². The maximum atomic E-state index is 11.3. The van der Waals surface area contributed by atoms with Crippen LogP contribution >= 0.6 is 0 Å². The van der Waals surface area contributed by atoms with Crippen LogP contribution in [-0.2, 0) is 6.42 Å². The van der Waals surface area contributed by atoms with Crippen LogP contribution in [0.3, 0.4) is 0 Å². The van der Waals surface area contributed by atoms with E-state index in [2.05, 4.69) is 22.1 Å². The first-order chi connectivity index (χ1) is 11.3. The second kappa shape index (κ2) is 7.36. The summed E-state index contributed by atoms with van der Waals surface area (Å²) in [6, 6.07) is 10.5. The molecule has 23 heavy (non-hydrogen) atoms. The molecule has 1 aromatic carbocycles. The van der Waals surface area contributed by atoms with Gasteiger partial charge in [0.15, 0.2) is 6.29 Å². The fourth-order valence-electron chi connectivity index (χ4n) is 3.02. The highest BCUT2D eigenvalue weighted by atomic mass is 16.5. The van der Waals surface area contributed by atoms with Crippen LogP contribution in [0.25, 0.3) is 0 Å². The Morgan fingerprint density at radius 3 is 2.57 bits per heavy atom. The minimum atomic E-state index is 0.176. The molecule has 0 bridgehead atoms. The quantitative estimate of drug-likeness (QED) is 0.786. The third-order valence-electron chi connectivity index (χ3n) is 4.41. The van der Waals surface area contributed by atoms with Crippen molar-refractivity contribution in [3.05, 3.63) is 52.8 Å². The van der Waals surface area contributed by atoms with Gasteiger partial charge in [0.2, 0.25) is 0 Å². The van der Waals surface area contributed by atoms with E-state index in [4.69, 9.17) is 4.74 Å². The zero-order valence-corrected chi connectivity index (χ0v) is 13.5. The molecule has 0 saturated heterocycles. The fraction of sp³-hybridized carbons (Fsp3) is 0.421. The highest BCUT2D eigenvalue weighted by molar-refractivity contribution is 5.74. The average molecular weight is 310 g/mol. The predicted molar refractivity (Wildman–Crippen MR) is 88.9 cm³/mol. The molecule has 1 heterocycles. The van der Waals surface area contributed by atoms with Gasteiger partial charge < -0.3 is 4.74 Å². The normalized spacial score (nSPS) is 15.3. The largest absolute Gasteiger partial charge is 0.460 e. The lowest BCUT2D eigenvalue weighted by atomic mass is 9.98. The predicted octanol–water partition coefficient (Wildman–Crippen LogP) is 3.90. The Bertz CT molecular complexity index is 665. The van der Waals surface area contributed by atoms with E-state index < -0.39 is 0 Å². The molecule has 0 N–H and O–H groups in total. The number of hydrogen-bond donors (Lipinski definition) is 0. The molecule has 0 unspecified atom stereocenters. The van der Waals surface area contributed by atoms with Crippen molar-refractivity contribution in [2.45, 2.75) is 51.6 Å². The molecule has 4 nitrogen and oxygen atoms in total. The van der Waals surface area contributed by atoms with Crippen LogP contribution in [0.1, 0.15) is 59.4 Å². The lowest BCUT2D eigenvalue weighted by Crippen LogP contribution is -2.21. The van der Waals surface area contributed by atoms with Crippen LogP contribution in [0, 0.1) is 6.92 Å². The lowest BCUT2D eigenvalue weighted by molar-refractivity contribution is 0.111. The third-order valence-corrected chi connectivity index (χ3v) is 4.41. The zero-order valence-electron chi connectivity index (χ0n) is 13.5. The fourth-order valence-corrected chi connectivity index (χ4v) is 3.02. The number of benzene rings is 1. The van der Waals surface area contributed by atoms with Crippen molar-refractivity contribution < 1.29 is 9.53 Å². The molecule has 120 valence electrons. The molecule has 1 aromatic heterocycles. The molecule has 2 aromatic rings. The SMILES string of the molecule is Cc1c(C=O)nc(OC2CCCCC2)nc1Cc1ccccc1. The summed E-state index contributed by atoms with van der Waals surface area (Å²) in [6.45, 7) is 1.90. The van der Waals surface area contributed by atoms with Gasteiger partial charge in [-0.05, 0) is 38.2 Å². The first kappa shape index (κ1) is 15.7. The summed E-state index contributed by atoms with van der Waals surface area (Å²) in [5, 5.41) is 0. The number of carbonyl (C=O) groups is 1. The van der Waals surface area contributed by atoms with Crippen molar-refractivity contribution in [1.29, 1.82) is 0 Å². The van der Waals surface area contributed by atoms with Gasteiger partial charge in [-0.15, -0.1) is 0 Å². The van der Waals surface area contributed by atoms with E-state index in [1.807, 2.05) is 25.1 Å². The molecule has 0 atom stereocenters. The van der Waals surface area contributed by atoms with Gasteiger partial charge in [-0.25, -0.2) is 0 Å². The molecule has 0 aliphatic heterocycles.